The third-order valence-corrected chi connectivity index (χ3v) is 2.86. The molecule has 0 saturated heterocycles. The zero-order valence-electron chi connectivity index (χ0n) is 11.2. The maximum absolute atomic E-state index is 13.8. The molecule has 0 unspecified atom stereocenters. The van der Waals surface area contributed by atoms with Gasteiger partial charge in [-0.3, -0.25) is 0 Å². The van der Waals surface area contributed by atoms with Crippen LogP contribution in [0.3, 0.4) is 0 Å². The minimum Gasteiger partial charge on any atom is -0.371 e. The van der Waals surface area contributed by atoms with E-state index in [2.05, 4.69) is 11.8 Å². The Morgan fingerprint density at radius 2 is 2.11 bits per heavy atom. The monoisotopic (exact) mass is 249 g/mol. The Morgan fingerprint density at radius 3 is 2.67 bits per heavy atom. The molecule has 0 fully saturated rings. The summed E-state index contributed by atoms with van der Waals surface area (Å²) < 4.78 is 19.4. The Balaban J connectivity index is 2.74. The highest BCUT2D eigenvalue weighted by molar-refractivity contribution is 5.37. The standard InChI is InChI=1S/C15H20FNO/c1-4-15(2,3)18-11-13-8-7-12(6-5-9-17)10-14(13)16/h7-8,10H,4,9,11,17H2,1-3H3. The van der Waals surface area contributed by atoms with Gasteiger partial charge in [-0.05, 0) is 32.4 Å². The lowest BCUT2D eigenvalue weighted by Gasteiger charge is -2.23. The van der Waals surface area contributed by atoms with Gasteiger partial charge in [-0.25, -0.2) is 4.39 Å². The van der Waals surface area contributed by atoms with Crippen molar-refractivity contribution < 1.29 is 9.13 Å². The van der Waals surface area contributed by atoms with Crippen LogP contribution in [0, 0.1) is 17.7 Å². The van der Waals surface area contributed by atoms with Crippen molar-refractivity contribution in [2.24, 2.45) is 5.73 Å². The largest absolute Gasteiger partial charge is 0.371 e. The summed E-state index contributed by atoms with van der Waals surface area (Å²) in [6, 6.07) is 4.91. The highest BCUT2D eigenvalue weighted by Crippen LogP contribution is 2.18. The smallest absolute Gasteiger partial charge is 0.129 e. The lowest BCUT2D eigenvalue weighted by atomic mass is 10.1. The van der Waals surface area contributed by atoms with Crippen LogP contribution in [0.1, 0.15) is 38.3 Å². The van der Waals surface area contributed by atoms with Crippen molar-refractivity contribution in [2.45, 2.75) is 39.4 Å². The van der Waals surface area contributed by atoms with E-state index in [0.29, 0.717) is 11.1 Å². The van der Waals surface area contributed by atoms with Crippen LogP contribution in [-0.2, 0) is 11.3 Å². The Bertz CT molecular complexity index is 457. The molecule has 2 nitrogen and oxygen atoms in total. The summed E-state index contributed by atoms with van der Waals surface area (Å²) in [5.74, 6) is 5.21. The molecule has 3 heteroatoms. The third-order valence-electron chi connectivity index (χ3n) is 2.86. The number of hydrogen-bond acceptors (Lipinski definition) is 2. The van der Waals surface area contributed by atoms with E-state index in [1.54, 1.807) is 12.1 Å². The molecule has 0 bridgehead atoms. The lowest BCUT2D eigenvalue weighted by molar-refractivity contribution is -0.0326. The highest BCUT2D eigenvalue weighted by Gasteiger charge is 2.16. The molecule has 0 aliphatic rings. The predicted octanol–water partition coefficient (Wildman–Crippen LogP) is 2.84. The number of ether oxygens (including phenoxy) is 1. The van der Waals surface area contributed by atoms with Crippen molar-refractivity contribution in [3.8, 4) is 11.8 Å². The van der Waals surface area contributed by atoms with Gasteiger partial charge in [0.2, 0.25) is 0 Å². The van der Waals surface area contributed by atoms with E-state index >= 15 is 0 Å². The molecule has 0 atom stereocenters. The molecule has 1 rings (SSSR count). The summed E-state index contributed by atoms with van der Waals surface area (Å²) in [6.45, 7) is 6.58. The number of halogens is 1. The van der Waals surface area contributed by atoms with Gasteiger partial charge in [0.25, 0.3) is 0 Å². The summed E-state index contributed by atoms with van der Waals surface area (Å²) in [6.07, 6.45) is 0.884. The molecular weight excluding hydrogens is 229 g/mol. The topological polar surface area (TPSA) is 35.2 Å². The molecule has 0 radical (unpaired) electrons. The molecule has 2 N–H and O–H groups in total. The highest BCUT2D eigenvalue weighted by atomic mass is 19.1. The summed E-state index contributed by atoms with van der Waals surface area (Å²) in [5.41, 5.74) is 6.22. The van der Waals surface area contributed by atoms with E-state index in [4.69, 9.17) is 10.5 Å². The average Bonchev–Trinajstić information content (AvgIpc) is 2.35. The van der Waals surface area contributed by atoms with Crippen LogP contribution >= 0.6 is 0 Å². The summed E-state index contributed by atoms with van der Waals surface area (Å²) >= 11 is 0. The summed E-state index contributed by atoms with van der Waals surface area (Å²) in [4.78, 5) is 0. The molecule has 1 aromatic rings. The molecule has 0 aromatic heterocycles. The number of benzene rings is 1. The van der Waals surface area contributed by atoms with Gasteiger partial charge in [0.1, 0.15) is 5.82 Å². The Morgan fingerprint density at radius 1 is 1.39 bits per heavy atom. The molecule has 18 heavy (non-hydrogen) atoms. The maximum atomic E-state index is 13.8. The quantitative estimate of drug-likeness (QED) is 0.833. The number of hydrogen-bond donors (Lipinski definition) is 1. The first-order valence-electron chi connectivity index (χ1n) is 6.10. The van der Waals surface area contributed by atoms with Crippen molar-refractivity contribution in [3.63, 3.8) is 0 Å². The number of rotatable bonds is 4. The van der Waals surface area contributed by atoms with Crippen molar-refractivity contribution in [1.82, 2.24) is 0 Å². The van der Waals surface area contributed by atoms with E-state index in [0.717, 1.165) is 6.42 Å². The van der Waals surface area contributed by atoms with Gasteiger partial charge < -0.3 is 10.5 Å². The van der Waals surface area contributed by atoms with Gasteiger partial charge in [-0.2, -0.15) is 0 Å². The predicted molar refractivity (Wildman–Crippen MR) is 71.5 cm³/mol. The lowest BCUT2D eigenvalue weighted by Crippen LogP contribution is -2.22. The second-order valence-electron chi connectivity index (χ2n) is 4.71. The fraction of sp³-hybridized carbons (Fsp3) is 0.467. The van der Waals surface area contributed by atoms with Crippen molar-refractivity contribution >= 4 is 0 Å². The van der Waals surface area contributed by atoms with E-state index in [9.17, 15) is 4.39 Å². The van der Waals surface area contributed by atoms with Crippen LogP contribution in [0.15, 0.2) is 18.2 Å². The van der Waals surface area contributed by atoms with Gasteiger partial charge in [0.05, 0.1) is 18.8 Å². The zero-order chi connectivity index (χ0) is 13.6. The molecule has 1 aromatic carbocycles. The Kier molecular flexibility index (Phi) is 5.33. The van der Waals surface area contributed by atoms with Gasteiger partial charge in [-0.1, -0.05) is 24.8 Å². The number of nitrogens with two attached hydrogens (primary N) is 1. The Hall–Kier alpha value is -1.37. The SMILES string of the molecule is CCC(C)(C)OCc1ccc(C#CCN)cc1F. The van der Waals surface area contributed by atoms with Gasteiger partial charge in [0, 0.05) is 11.1 Å². The molecule has 0 saturated carbocycles. The van der Waals surface area contributed by atoms with Crippen LogP contribution in [0.2, 0.25) is 0 Å². The first kappa shape index (κ1) is 14.7. The van der Waals surface area contributed by atoms with E-state index in [1.807, 2.05) is 20.8 Å². The minimum atomic E-state index is -0.286. The van der Waals surface area contributed by atoms with Crippen LogP contribution in [0.4, 0.5) is 4.39 Å². The van der Waals surface area contributed by atoms with E-state index in [-0.39, 0.29) is 24.6 Å². The van der Waals surface area contributed by atoms with Crippen molar-refractivity contribution in [1.29, 1.82) is 0 Å². The first-order chi connectivity index (χ1) is 8.48. The van der Waals surface area contributed by atoms with E-state index in [1.165, 1.54) is 6.07 Å². The van der Waals surface area contributed by atoms with Crippen molar-refractivity contribution in [3.05, 3.63) is 35.1 Å². The Labute approximate surface area is 108 Å². The zero-order valence-corrected chi connectivity index (χ0v) is 11.2. The summed E-state index contributed by atoms with van der Waals surface area (Å²) in [5, 5.41) is 0. The van der Waals surface area contributed by atoms with Crippen LogP contribution in [0.5, 0.6) is 0 Å². The van der Waals surface area contributed by atoms with Crippen LogP contribution in [0.25, 0.3) is 0 Å². The van der Waals surface area contributed by atoms with Gasteiger partial charge in [-0.15, -0.1) is 0 Å². The third kappa shape index (κ3) is 4.48. The van der Waals surface area contributed by atoms with Crippen molar-refractivity contribution in [2.75, 3.05) is 6.54 Å². The average molecular weight is 249 g/mol. The normalized spacial score (nSPS) is 10.9. The molecule has 0 heterocycles. The van der Waals surface area contributed by atoms with Crippen LogP contribution < -0.4 is 5.73 Å². The second kappa shape index (κ2) is 6.53. The van der Waals surface area contributed by atoms with E-state index < -0.39 is 0 Å². The van der Waals surface area contributed by atoms with Gasteiger partial charge in [0.15, 0.2) is 0 Å². The fourth-order valence-corrected chi connectivity index (χ4v) is 1.27. The summed E-state index contributed by atoms with van der Waals surface area (Å²) in [7, 11) is 0. The molecule has 0 amide bonds. The molecule has 0 spiro atoms. The van der Waals surface area contributed by atoms with Gasteiger partial charge >= 0.3 is 0 Å². The molecule has 98 valence electrons. The maximum Gasteiger partial charge on any atom is 0.129 e. The molecular formula is C15H20FNO. The minimum absolute atomic E-state index is 0.232. The molecule has 0 aliphatic carbocycles. The first-order valence-corrected chi connectivity index (χ1v) is 6.10. The molecule has 0 aliphatic heterocycles. The second-order valence-corrected chi connectivity index (χ2v) is 4.71. The van der Waals surface area contributed by atoms with Crippen LogP contribution in [-0.4, -0.2) is 12.1 Å². The fourth-order valence-electron chi connectivity index (χ4n) is 1.27.